The zero-order chi connectivity index (χ0) is 12.6. The Morgan fingerprint density at radius 2 is 0.714 bits per heavy atom. The van der Waals surface area contributed by atoms with Crippen LogP contribution in [0.4, 0.5) is 0 Å². The van der Waals surface area contributed by atoms with Crippen molar-refractivity contribution in [1.82, 2.24) is 0 Å². The van der Waals surface area contributed by atoms with Gasteiger partial charge in [-0.25, -0.2) is 9.13 Å². The van der Waals surface area contributed by atoms with E-state index in [1.165, 1.54) is 0 Å². The van der Waals surface area contributed by atoms with Crippen LogP contribution in [0.2, 0.25) is 19.6 Å². The summed E-state index contributed by atoms with van der Waals surface area (Å²) in [6.07, 6.45) is 0. The minimum atomic E-state index is -4.64. The molecule has 0 spiro atoms. The zero-order valence-electron chi connectivity index (χ0n) is 7.97. The normalized spacial score (nSPS) is 11.0. The van der Waals surface area contributed by atoms with Crippen molar-refractivity contribution < 1.29 is 38.5 Å². The number of hydrogen-bond donors (Lipinski definition) is 6. The van der Waals surface area contributed by atoms with Gasteiger partial charge in [-0.2, -0.15) is 0 Å². The fourth-order valence-electron chi connectivity index (χ4n) is 0. The van der Waals surface area contributed by atoms with Crippen LogP contribution in [0.25, 0.3) is 0 Å². The van der Waals surface area contributed by atoms with Gasteiger partial charge in [0.05, 0.1) is 0 Å². The van der Waals surface area contributed by atoms with Crippen molar-refractivity contribution in [3.63, 3.8) is 0 Å². The Labute approximate surface area is 83.3 Å². The molecule has 0 saturated heterocycles. The Bertz CT molecular complexity index is 165. The standard InChI is InChI=1S/C3H10Si.2H3O4P/c1-4(2)3;2*1-5(2,3)4/h4H,1-3H3;2*(H3,1,2,3,4). The molecule has 0 unspecified atom stereocenters. The molecule has 0 atom stereocenters. The van der Waals surface area contributed by atoms with Crippen LogP contribution in [0.3, 0.4) is 0 Å². The molecule has 90 valence electrons. The molecule has 0 rings (SSSR count). The summed E-state index contributed by atoms with van der Waals surface area (Å²) in [7, 11) is -9.42. The van der Waals surface area contributed by atoms with Crippen molar-refractivity contribution in [2.24, 2.45) is 0 Å². The molecule has 8 nitrogen and oxygen atoms in total. The van der Waals surface area contributed by atoms with E-state index in [-0.39, 0.29) is 8.80 Å². The minimum absolute atomic E-state index is 0.139. The van der Waals surface area contributed by atoms with Crippen molar-refractivity contribution in [2.45, 2.75) is 19.6 Å². The van der Waals surface area contributed by atoms with E-state index in [4.69, 9.17) is 38.5 Å². The molecule has 0 heterocycles. The molecule has 11 heteroatoms. The Morgan fingerprint density at radius 1 is 0.714 bits per heavy atom. The summed E-state index contributed by atoms with van der Waals surface area (Å²) in [6, 6.07) is 0. The summed E-state index contributed by atoms with van der Waals surface area (Å²) in [6.45, 7) is 6.92. The van der Waals surface area contributed by atoms with E-state index >= 15 is 0 Å². The molecule has 0 amide bonds. The molecule has 0 bridgehead atoms. The van der Waals surface area contributed by atoms with Gasteiger partial charge in [0.15, 0.2) is 0 Å². The van der Waals surface area contributed by atoms with E-state index < -0.39 is 15.6 Å². The van der Waals surface area contributed by atoms with E-state index in [2.05, 4.69) is 19.6 Å². The summed E-state index contributed by atoms with van der Waals surface area (Å²) in [4.78, 5) is 43.1. The monoisotopic (exact) mass is 270 g/mol. The third-order valence-electron chi connectivity index (χ3n) is 0. The maximum atomic E-state index is 8.88. The van der Waals surface area contributed by atoms with Crippen LogP contribution in [0.15, 0.2) is 0 Å². The molecular formula is C3H16O8P2Si. The van der Waals surface area contributed by atoms with Crippen molar-refractivity contribution in [1.29, 1.82) is 0 Å². The first kappa shape index (κ1) is 19.9. The van der Waals surface area contributed by atoms with Gasteiger partial charge in [-0.1, -0.05) is 19.6 Å². The highest BCUT2D eigenvalue weighted by Gasteiger charge is 2.00. The van der Waals surface area contributed by atoms with Gasteiger partial charge in [-0.15, -0.1) is 0 Å². The minimum Gasteiger partial charge on any atom is -0.303 e. The van der Waals surface area contributed by atoms with Crippen molar-refractivity contribution in [2.75, 3.05) is 0 Å². The lowest BCUT2D eigenvalue weighted by atomic mass is 11.8. The lowest BCUT2D eigenvalue weighted by Gasteiger charge is -1.82. The smallest absolute Gasteiger partial charge is 0.303 e. The maximum absolute atomic E-state index is 8.88. The third-order valence-corrected chi connectivity index (χ3v) is 0. The van der Waals surface area contributed by atoms with Crippen LogP contribution >= 0.6 is 15.6 Å². The summed E-state index contributed by atoms with van der Waals surface area (Å²) in [5.41, 5.74) is 0. The molecule has 14 heavy (non-hydrogen) atoms. The SMILES string of the molecule is C[SiH](C)C.O=P(O)(O)O.O=P(O)(O)O. The molecule has 0 saturated carbocycles. The average Bonchev–Trinajstić information content (AvgIpc) is 1.45. The van der Waals surface area contributed by atoms with E-state index in [0.717, 1.165) is 0 Å². The second-order valence-electron chi connectivity index (χ2n) is 2.76. The molecule has 0 aliphatic rings. The number of rotatable bonds is 0. The first-order valence-corrected chi connectivity index (χ1v) is 9.89. The van der Waals surface area contributed by atoms with Crippen LogP contribution in [-0.2, 0) is 9.13 Å². The van der Waals surface area contributed by atoms with Crippen LogP contribution in [0.5, 0.6) is 0 Å². The maximum Gasteiger partial charge on any atom is 0.466 e. The van der Waals surface area contributed by atoms with E-state index in [9.17, 15) is 0 Å². The van der Waals surface area contributed by atoms with Gasteiger partial charge in [-0.3, -0.25) is 0 Å². The van der Waals surface area contributed by atoms with Crippen molar-refractivity contribution in [3.05, 3.63) is 0 Å². The topological polar surface area (TPSA) is 156 Å². The van der Waals surface area contributed by atoms with Crippen molar-refractivity contribution in [3.8, 4) is 0 Å². The lowest BCUT2D eigenvalue weighted by molar-refractivity contribution is 0.272. The molecule has 0 radical (unpaired) electrons. The lowest BCUT2D eigenvalue weighted by Crippen LogP contribution is -1.84. The molecule has 0 aromatic carbocycles. The van der Waals surface area contributed by atoms with Crippen LogP contribution in [0.1, 0.15) is 0 Å². The van der Waals surface area contributed by atoms with Gasteiger partial charge in [0.1, 0.15) is 0 Å². The van der Waals surface area contributed by atoms with E-state index in [1.54, 1.807) is 0 Å². The molecule has 0 aromatic heterocycles. The fraction of sp³-hybridized carbons (Fsp3) is 1.00. The van der Waals surface area contributed by atoms with Crippen LogP contribution in [-0.4, -0.2) is 38.2 Å². The van der Waals surface area contributed by atoms with Gasteiger partial charge >= 0.3 is 15.6 Å². The van der Waals surface area contributed by atoms with Gasteiger partial charge in [0.2, 0.25) is 0 Å². The van der Waals surface area contributed by atoms with Gasteiger partial charge in [0, 0.05) is 8.80 Å². The van der Waals surface area contributed by atoms with Crippen LogP contribution < -0.4 is 0 Å². The van der Waals surface area contributed by atoms with E-state index in [1.807, 2.05) is 0 Å². The average molecular weight is 270 g/mol. The summed E-state index contributed by atoms with van der Waals surface area (Å²) in [5, 5.41) is 0. The largest absolute Gasteiger partial charge is 0.466 e. The Morgan fingerprint density at radius 3 is 0.714 bits per heavy atom. The molecule has 0 fully saturated rings. The Kier molecular flexibility index (Phi) is 12.4. The summed E-state index contributed by atoms with van der Waals surface area (Å²) in [5.74, 6) is 0. The highest BCUT2D eigenvalue weighted by Crippen LogP contribution is 2.26. The first-order chi connectivity index (χ1) is 5.73. The van der Waals surface area contributed by atoms with E-state index in [0.29, 0.717) is 0 Å². The molecule has 0 aliphatic carbocycles. The van der Waals surface area contributed by atoms with Gasteiger partial charge in [-0.05, 0) is 0 Å². The highest BCUT2D eigenvalue weighted by atomic mass is 31.2. The second-order valence-corrected chi connectivity index (χ2v) is 8.28. The molecule has 6 N–H and O–H groups in total. The second kappa shape index (κ2) is 8.72. The summed E-state index contributed by atoms with van der Waals surface area (Å²) >= 11 is 0. The highest BCUT2D eigenvalue weighted by molar-refractivity contribution is 7.45. The Hall–Kier alpha value is 0.437. The number of hydrogen-bond acceptors (Lipinski definition) is 2. The fourth-order valence-corrected chi connectivity index (χ4v) is 0. The third kappa shape index (κ3) is 8520. The van der Waals surface area contributed by atoms with Crippen molar-refractivity contribution >= 4 is 24.4 Å². The molecule has 0 aliphatic heterocycles. The number of phosphoric acid groups is 2. The van der Waals surface area contributed by atoms with Gasteiger partial charge < -0.3 is 29.4 Å². The van der Waals surface area contributed by atoms with Crippen LogP contribution in [0, 0.1) is 0 Å². The van der Waals surface area contributed by atoms with Gasteiger partial charge in [0.25, 0.3) is 0 Å². The first-order valence-electron chi connectivity index (χ1n) is 3.30. The predicted molar refractivity (Wildman–Crippen MR) is 53.3 cm³/mol. The Balaban J connectivity index is -0.000000131. The summed E-state index contributed by atoms with van der Waals surface area (Å²) < 4.78 is 17.8. The molecular weight excluding hydrogens is 254 g/mol. The zero-order valence-corrected chi connectivity index (χ0v) is 10.9. The molecule has 0 aromatic rings. The predicted octanol–water partition coefficient (Wildman–Crippen LogP) is -0.754. The quantitative estimate of drug-likeness (QED) is 0.248.